The molecule has 4 rings (SSSR count). The van der Waals surface area contributed by atoms with E-state index >= 15 is 0 Å². The van der Waals surface area contributed by atoms with Gasteiger partial charge in [0.2, 0.25) is 11.8 Å². The zero-order valence-electron chi connectivity index (χ0n) is 19.7. The van der Waals surface area contributed by atoms with Crippen LogP contribution in [0.2, 0.25) is 0 Å². The Labute approximate surface area is 187 Å². The van der Waals surface area contributed by atoms with Gasteiger partial charge in [-0.2, -0.15) is 0 Å². The van der Waals surface area contributed by atoms with E-state index in [0.29, 0.717) is 24.2 Å². The average molecular weight is 429 g/mol. The van der Waals surface area contributed by atoms with Crippen LogP contribution in [0.1, 0.15) is 85.5 Å². The van der Waals surface area contributed by atoms with E-state index in [2.05, 4.69) is 37.5 Å². The van der Waals surface area contributed by atoms with Crippen LogP contribution in [0.5, 0.6) is 0 Å². The summed E-state index contributed by atoms with van der Waals surface area (Å²) in [5.74, 6) is 2.02. The van der Waals surface area contributed by atoms with Crippen LogP contribution in [0.25, 0.3) is 0 Å². The summed E-state index contributed by atoms with van der Waals surface area (Å²) in [4.78, 5) is 37.5. The van der Waals surface area contributed by atoms with E-state index < -0.39 is 0 Å². The Balaban J connectivity index is 1.47. The number of fused-ring (bicyclic) bond motifs is 5. The minimum Gasteiger partial charge on any atom is -0.349 e. The molecule has 4 aliphatic rings. The molecule has 1 unspecified atom stereocenters. The molecule has 1 aliphatic heterocycles. The van der Waals surface area contributed by atoms with Crippen molar-refractivity contribution in [2.45, 2.75) is 97.6 Å². The fraction of sp³-hybridized carbons (Fsp3) is 0.808. The van der Waals surface area contributed by atoms with Crippen LogP contribution in [0, 0.1) is 34.5 Å². The first-order valence-corrected chi connectivity index (χ1v) is 12.5. The van der Waals surface area contributed by atoms with Crippen LogP contribution in [0.4, 0.5) is 0 Å². The van der Waals surface area contributed by atoms with E-state index in [-0.39, 0.29) is 46.4 Å². The number of hydrogen-bond donors (Lipinski definition) is 2. The van der Waals surface area contributed by atoms with Crippen LogP contribution in [0.3, 0.4) is 0 Å². The molecule has 0 spiro atoms. The largest absolute Gasteiger partial charge is 0.349 e. The number of ketones is 1. The van der Waals surface area contributed by atoms with Crippen molar-refractivity contribution in [2.24, 2.45) is 34.5 Å². The Morgan fingerprint density at radius 3 is 2.68 bits per heavy atom. The molecule has 0 radical (unpaired) electrons. The summed E-state index contributed by atoms with van der Waals surface area (Å²) in [6, 6.07) is -0.144. The highest BCUT2D eigenvalue weighted by Gasteiger charge is 2.60. The second-order valence-electron chi connectivity index (χ2n) is 11.2. The van der Waals surface area contributed by atoms with Crippen molar-refractivity contribution >= 4 is 17.6 Å². The maximum Gasteiger partial charge on any atom is 0.243 e. The first kappa shape index (κ1) is 22.5. The number of amides is 2. The minimum atomic E-state index is -0.386. The molecule has 2 N–H and O–H groups in total. The second-order valence-corrected chi connectivity index (χ2v) is 11.2. The lowest BCUT2D eigenvalue weighted by atomic mass is 9.48. The maximum absolute atomic E-state index is 13.3. The zero-order valence-corrected chi connectivity index (χ0v) is 19.7. The van der Waals surface area contributed by atoms with Crippen molar-refractivity contribution in [1.82, 2.24) is 10.6 Å². The molecule has 1 heterocycles. The number of carbonyl (C=O) groups is 3. The van der Waals surface area contributed by atoms with Gasteiger partial charge in [0.1, 0.15) is 0 Å². The lowest BCUT2D eigenvalue weighted by molar-refractivity contribution is -0.136. The minimum absolute atomic E-state index is 0.00649. The van der Waals surface area contributed by atoms with Crippen LogP contribution in [-0.2, 0) is 14.4 Å². The van der Waals surface area contributed by atoms with Crippen molar-refractivity contribution in [1.29, 1.82) is 0 Å². The Hall–Kier alpha value is -1.65. The Kier molecular flexibility index (Phi) is 6.08. The van der Waals surface area contributed by atoms with E-state index in [0.717, 1.165) is 51.4 Å². The fourth-order valence-electron chi connectivity index (χ4n) is 7.73. The van der Waals surface area contributed by atoms with Gasteiger partial charge in [-0.1, -0.05) is 33.3 Å². The fourth-order valence-corrected chi connectivity index (χ4v) is 7.73. The molecule has 0 bridgehead atoms. The number of Topliss-reactive ketones (excluding diaryl/α,β-unsaturated/α-hetero) is 1. The van der Waals surface area contributed by atoms with Gasteiger partial charge in [0, 0.05) is 23.8 Å². The van der Waals surface area contributed by atoms with Crippen molar-refractivity contribution < 1.29 is 14.4 Å². The normalized spacial score (nSPS) is 42.1. The van der Waals surface area contributed by atoms with Gasteiger partial charge < -0.3 is 10.6 Å². The van der Waals surface area contributed by atoms with E-state index in [4.69, 9.17) is 0 Å². The smallest absolute Gasteiger partial charge is 0.243 e. The molecular formula is C26H40N2O3. The highest BCUT2D eigenvalue weighted by atomic mass is 16.2. The maximum atomic E-state index is 13.3. The van der Waals surface area contributed by atoms with Gasteiger partial charge in [-0.3, -0.25) is 14.4 Å². The molecule has 3 fully saturated rings. The van der Waals surface area contributed by atoms with Gasteiger partial charge in [-0.15, -0.1) is 0 Å². The van der Waals surface area contributed by atoms with Gasteiger partial charge in [0.05, 0.1) is 6.04 Å². The summed E-state index contributed by atoms with van der Waals surface area (Å²) in [6.07, 6.45) is 12.7. The predicted molar refractivity (Wildman–Crippen MR) is 121 cm³/mol. The lowest BCUT2D eigenvalue weighted by Gasteiger charge is -2.58. The molecule has 8 atom stereocenters. The van der Waals surface area contributed by atoms with Crippen molar-refractivity contribution in [3.63, 3.8) is 0 Å². The summed E-state index contributed by atoms with van der Waals surface area (Å²) in [5.41, 5.74) is 0.0426. The molecule has 5 nitrogen and oxygen atoms in total. The predicted octanol–water partition coefficient (Wildman–Crippen LogP) is 4.16. The summed E-state index contributed by atoms with van der Waals surface area (Å²) >= 11 is 0. The number of rotatable bonds is 6. The van der Waals surface area contributed by atoms with Crippen molar-refractivity contribution in [3.8, 4) is 0 Å². The van der Waals surface area contributed by atoms with Crippen molar-refractivity contribution in [3.05, 3.63) is 12.2 Å². The molecular weight excluding hydrogens is 388 g/mol. The summed E-state index contributed by atoms with van der Waals surface area (Å²) in [7, 11) is 0. The number of unbranched alkanes of at least 4 members (excludes halogenated alkanes) is 1. The number of carbonyl (C=O) groups excluding carboxylic acids is 3. The summed E-state index contributed by atoms with van der Waals surface area (Å²) in [5, 5.41) is 6.28. The van der Waals surface area contributed by atoms with Gasteiger partial charge >= 0.3 is 0 Å². The highest BCUT2D eigenvalue weighted by molar-refractivity contribution is 5.90. The van der Waals surface area contributed by atoms with E-state index in [1.54, 1.807) is 6.08 Å². The molecule has 2 amide bonds. The van der Waals surface area contributed by atoms with E-state index in [1.807, 2.05) is 6.92 Å². The highest BCUT2D eigenvalue weighted by Crippen LogP contribution is 2.65. The summed E-state index contributed by atoms with van der Waals surface area (Å²) in [6.45, 7) is 8.59. The zero-order chi connectivity index (χ0) is 22.4. The standard InChI is InChI=1S/C26H40N2O3/c1-5-6-7-21(29)16(2)27-24(31)20-10-9-18-17-8-11-22-26(4,15-13-23(30)28-22)19(17)12-14-25(18,20)3/h13,15-20,22H,5-12,14H2,1-4H3,(H,27,31)(H,28,30)/t16?,17-,18-,19-,20+,22+,25-,26+/m0/s1. The summed E-state index contributed by atoms with van der Waals surface area (Å²) < 4.78 is 0. The van der Waals surface area contributed by atoms with Crippen LogP contribution in [-0.4, -0.2) is 29.7 Å². The third kappa shape index (κ3) is 3.76. The monoisotopic (exact) mass is 428 g/mol. The van der Waals surface area contributed by atoms with Gasteiger partial charge in [-0.25, -0.2) is 0 Å². The SMILES string of the molecule is CCCCC(=O)C(C)NC(=O)[C@H]1CC[C@H]2[C@@H]3CC[C@H]4NC(=O)C=C[C@]4(C)[C@H]3CC[C@]12C. The van der Waals surface area contributed by atoms with Crippen LogP contribution < -0.4 is 10.6 Å². The first-order chi connectivity index (χ1) is 14.7. The van der Waals surface area contributed by atoms with Gasteiger partial charge in [-0.05, 0) is 81.1 Å². The van der Waals surface area contributed by atoms with E-state index in [9.17, 15) is 14.4 Å². The molecule has 31 heavy (non-hydrogen) atoms. The van der Waals surface area contributed by atoms with Crippen LogP contribution in [0.15, 0.2) is 12.2 Å². The molecule has 5 heteroatoms. The van der Waals surface area contributed by atoms with Crippen LogP contribution >= 0.6 is 0 Å². The number of nitrogens with one attached hydrogen (secondary N) is 2. The Morgan fingerprint density at radius 2 is 1.94 bits per heavy atom. The molecule has 3 saturated carbocycles. The Morgan fingerprint density at radius 1 is 1.16 bits per heavy atom. The van der Waals surface area contributed by atoms with E-state index in [1.165, 1.54) is 0 Å². The number of hydrogen-bond acceptors (Lipinski definition) is 3. The second kappa shape index (κ2) is 8.37. The molecule has 3 aliphatic carbocycles. The first-order valence-electron chi connectivity index (χ1n) is 12.5. The van der Waals surface area contributed by atoms with Crippen molar-refractivity contribution in [2.75, 3.05) is 0 Å². The van der Waals surface area contributed by atoms with Gasteiger partial charge in [0.25, 0.3) is 0 Å². The topological polar surface area (TPSA) is 75.3 Å². The van der Waals surface area contributed by atoms with Gasteiger partial charge in [0.15, 0.2) is 5.78 Å². The third-order valence-electron chi connectivity index (χ3n) is 9.62. The molecule has 0 aromatic heterocycles. The average Bonchev–Trinajstić information content (AvgIpc) is 3.09. The molecule has 0 aromatic rings. The third-order valence-corrected chi connectivity index (χ3v) is 9.62. The molecule has 0 saturated heterocycles. The molecule has 0 aromatic carbocycles. The quantitative estimate of drug-likeness (QED) is 0.667. The Bertz CT molecular complexity index is 777. The molecule has 172 valence electrons. The lowest BCUT2D eigenvalue weighted by Crippen LogP contribution is -2.59.